The van der Waals surface area contributed by atoms with Gasteiger partial charge in [0.25, 0.3) is 0 Å². The number of nitrogens with one attached hydrogen (secondary N) is 1. The Bertz CT molecular complexity index is 231. The van der Waals surface area contributed by atoms with Crippen molar-refractivity contribution in [1.82, 2.24) is 5.32 Å². The maximum atomic E-state index is 11.2. The monoisotopic (exact) mass is 183 g/mol. The minimum absolute atomic E-state index is 0.308. The first-order valence-electron chi connectivity index (χ1n) is 4.00. The number of rotatable bonds is 5. The molecular formula is C9H13NOS. The minimum Gasteiger partial charge on any atom is -0.319 e. The van der Waals surface area contributed by atoms with Gasteiger partial charge in [-0.1, -0.05) is 0 Å². The first kappa shape index (κ1) is 9.42. The molecule has 0 atom stereocenters. The van der Waals surface area contributed by atoms with E-state index in [1.165, 1.54) is 0 Å². The SMILES string of the molecule is CNCCC(=O)Cc1ccsc1. The summed E-state index contributed by atoms with van der Waals surface area (Å²) < 4.78 is 0. The van der Waals surface area contributed by atoms with Crippen molar-refractivity contribution >= 4 is 17.1 Å². The van der Waals surface area contributed by atoms with E-state index in [0.717, 1.165) is 12.1 Å². The average Bonchev–Trinajstić information content (AvgIpc) is 2.53. The Labute approximate surface area is 76.6 Å². The highest BCUT2D eigenvalue weighted by Crippen LogP contribution is 2.07. The van der Waals surface area contributed by atoms with Gasteiger partial charge in [0.2, 0.25) is 0 Å². The summed E-state index contributed by atoms with van der Waals surface area (Å²) in [6, 6.07) is 2.00. The molecule has 12 heavy (non-hydrogen) atoms. The van der Waals surface area contributed by atoms with Gasteiger partial charge in [-0.25, -0.2) is 0 Å². The van der Waals surface area contributed by atoms with E-state index in [1.54, 1.807) is 11.3 Å². The third-order valence-electron chi connectivity index (χ3n) is 1.64. The van der Waals surface area contributed by atoms with Crippen molar-refractivity contribution in [2.75, 3.05) is 13.6 Å². The predicted molar refractivity (Wildman–Crippen MR) is 51.6 cm³/mol. The predicted octanol–water partition coefficient (Wildman–Crippen LogP) is 1.47. The molecule has 0 aromatic carbocycles. The van der Waals surface area contributed by atoms with E-state index in [0.29, 0.717) is 18.6 Å². The molecule has 1 aromatic rings. The molecule has 0 aliphatic heterocycles. The van der Waals surface area contributed by atoms with Crippen LogP contribution in [0.25, 0.3) is 0 Å². The molecule has 1 rings (SSSR count). The van der Waals surface area contributed by atoms with Crippen LogP contribution in [-0.2, 0) is 11.2 Å². The van der Waals surface area contributed by atoms with Gasteiger partial charge in [-0.05, 0) is 29.4 Å². The fraction of sp³-hybridized carbons (Fsp3) is 0.444. The summed E-state index contributed by atoms with van der Waals surface area (Å²) >= 11 is 1.64. The molecule has 0 aliphatic rings. The number of hydrogen-bond acceptors (Lipinski definition) is 3. The summed E-state index contributed by atoms with van der Waals surface area (Å²) in [5.41, 5.74) is 1.14. The Hall–Kier alpha value is -0.670. The van der Waals surface area contributed by atoms with E-state index < -0.39 is 0 Å². The first-order chi connectivity index (χ1) is 5.83. The second-order valence-electron chi connectivity index (χ2n) is 2.70. The fourth-order valence-electron chi connectivity index (χ4n) is 0.974. The second-order valence-corrected chi connectivity index (χ2v) is 3.48. The summed E-state index contributed by atoms with van der Waals surface area (Å²) in [7, 11) is 1.86. The largest absolute Gasteiger partial charge is 0.319 e. The van der Waals surface area contributed by atoms with Gasteiger partial charge in [-0.3, -0.25) is 4.79 Å². The molecule has 0 aliphatic carbocycles. The van der Waals surface area contributed by atoms with Crippen molar-refractivity contribution in [3.63, 3.8) is 0 Å². The number of thiophene rings is 1. The van der Waals surface area contributed by atoms with Gasteiger partial charge in [0, 0.05) is 19.4 Å². The number of carbonyl (C=O) groups is 1. The van der Waals surface area contributed by atoms with E-state index in [9.17, 15) is 4.79 Å². The maximum Gasteiger partial charge on any atom is 0.138 e. The van der Waals surface area contributed by atoms with Crippen LogP contribution in [0.4, 0.5) is 0 Å². The molecule has 2 nitrogen and oxygen atoms in total. The van der Waals surface area contributed by atoms with Gasteiger partial charge >= 0.3 is 0 Å². The van der Waals surface area contributed by atoms with Gasteiger partial charge in [-0.2, -0.15) is 11.3 Å². The summed E-state index contributed by atoms with van der Waals surface area (Å²) in [6.07, 6.45) is 1.22. The van der Waals surface area contributed by atoms with Crippen LogP contribution in [0.15, 0.2) is 16.8 Å². The Morgan fingerprint density at radius 3 is 3.08 bits per heavy atom. The zero-order valence-corrected chi connectivity index (χ0v) is 7.99. The van der Waals surface area contributed by atoms with Crippen LogP contribution in [0.5, 0.6) is 0 Å². The molecule has 1 N–H and O–H groups in total. The zero-order chi connectivity index (χ0) is 8.81. The third kappa shape index (κ3) is 3.15. The molecule has 0 bridgehead atoms. The molecule has 0 amide bonds. The van der Waals surface area contributed by atoms with Crippen LogP contribution in [0.2, 0.25) is 0 Å². The van der Waals surface area contributed by atoms with Crippen molar-refractivity contribution < 1.29 is 4.79 Å². The highest BCUT2D eigenvalue weighted by molar-refractivity contribution is 7.07. The van der Waals surface area contributed by atoms with Crippen molar-refractivity contribution in [1.29, 1.82) is 0 Å². The van der Waals surface area contributed by atoms with Crippen LogP contribution in [0.1, 0.15) is 12.0 Å². The van der Waals surface area contributed by atoms with Crippen LogP contribution in [0.3, 0.4) is 0 Å². The van der Waals surface area contributed by atoms with Crippen LogP contribution < -0.4 is 5.32 Å². The van der Waals surface area contributed by atoms with Gasteiger partial charge < -0.3 is 5.32 Å². The minimum atomic E-state index is 0.308. The lowest BCUT2D eigenvalue weighted by Crippen LogP contribution is -2.14. The van der Waals surface area contributed by atoms with E-state index >= 15 is 0 Å². The third-order valence-corrected chi connectivity index (χ3v) is 2.37. The lowest BCUT2D eigenvalue weighted by atomic mass is 10.1. The molecule has 1 heterocycles. The number of Topliss-reactive ketones (excluding diaryl/α,β-unsaturated/α-hetero) is 1. The van der Waals surface area contributed by atoms with Crippen molar-refractivity contribution in [2.45, 2.75) is 12.8 Å². The topological polar surface area (TPSA) is 29.1 Å². The van der Waals surface area contributed by atoms with E-state index in [1.807, 2.05) is 23.9 Å². The highest BCUT2D eigenvalue weighted by atomic mass is 32.1. The lowest BCUT2D eigenvalue weighted by molar-refractivity contribution is -0.118. The van der Waals surface area contributed by atoms with Crippen molar-refractivity contribution in [3.8, 4) is 0 Å². The van der Waals surface area contributed by atoms with E-state index in [2.05, 4.69) is 5.32 Å². The fourth-order valence-corrected chi connectivity index (χ4v) is 1.64. The first-order valence-corrected chi connectivity index (χ1v) is 4.94. The quantitative estimate of drug-likeness (QED) is 0.749. The molecule has 0 radical (unpaired) electrons. The number of ketones is 1. The molecular weight excluding hydrogens is 170 g/mol. The van der Waals surface area contributed by atoms with Crippen molar-refractivity contribution in [3.05, 3.63) is 22.4 Å². The normalized spacial score (nSPS) is 10.1. The smallest absolute Gasteiger partial charge is 0.138 e. The Balaban J connectivity index is 2.27. The van der Waals surface area contributed by atoms with Gasteiger partial charge in [-0.15, -0.1) is 0 Å². The lowest BCUT2D eigenvalue weighted by Gasteiger charge is -1.97. The maximum absolute atomic E-state index is 11.2. The van der Waals surface area contributed by atoms with Gasteiger partial charge in [0.05, 0.1) is 0 Å². The van der Waals surface area contributed by atoms with Crippen LogP contribution in [-0.4, -0.2) is 19.4 Å². The van der Waals surface area contributed by atoms with E-state index in [-0.39, 0.29) is 0 Å². The molecule has 0 spiro atoms. The molecule has 0 fully saturated rings. The molecule has 1 aromatic heterocycles. The number of hydrogen-bond donors (Lipinski definition) is 1. The Kier molecular flexibility index (Phi) is 3.97. The summed E-state index contributed by atoms with van der Waals surface area (Å²) in [5.74, 6) is 0.308. The Morgan fingerprint density at radius 1 is 1.67 bits per heavy atom. The Morgan fingerprint density at radius 2 is 2.50 bits per heavy atom. The molecule has 0 saturated heterocycles. The summed E-state index contributed by atoms with van der Waals surface area (Å²) in [5, 5.41) is 6.99. The highest BCUT2D eigenvalue weighted by Gasteiger charge is 2.02. The summed E-state index contributed by atoms with van der Waals surface area (Å²) in [6.45, 7) is 0.781. The average molecular weight is 183 g/mol. The van der Waals surface area contributed by atoms with Crippen molar-refractivity contribution in [2.24, 2.45) is 0 Å². The standard InChI is InChI=1S/C9H13NOS/c1-10-4-2-9(11)6-8-3-5-12-7-8/h3,5,7,10H,2,4,6H2,1H3. The molecule has 3 heteroatoms. The van der Waals surface area contributed by atoms with E-state index in [4.69, 9.17) is 0 Å². The number of carbonyl (C=O) groups excluding carboxylic acids is 1. The van der Waals surface area contributed by atoms with Crippen LogP contribution in [0, 0.1) is 0 Å². The van der Waals surface area contributed by atoms with Gasteiger partial charge in [0.1, 0.15) is 5.78 Å². The summed E-state index contributed by atoms with van der Waals surface area (Å²) in [4.78, 5) is 11.2. The second kappa shape index (κ2) is 5.06. The van der Waals surface area contributed by atoms with Gasteiger partial charge in [0.15, 0.2) is 0 Å². The molecule has 66 valence electrons. The molecule has 0 saturated carbocycles. The van der Waals surface area contributed by atoms with Crippen LogP contribution >= 0.6 is 11.3 Å². The zero-order valence-electron chi connectivity index (χ0n) is 7.17. The molecule has 0 unspecified atom stereocenters.